The van der Waals surface area contributed by atoms with Crippen LogP contribution in [0.25, 0.3) is 0 Å². The Morgan fingerprint density at radius 3 is 2.62 bits per heavy atom. The van der Waals surface area contributed by atoms with Gasteiger partial charge >= 0.3 is 0 Å². The largest absolute Gasteiger partial charge is 0.389 e. The Morgan fingerprint density at radius 1 is 1.38 bits per heavy atom. The number of thiocarbonyl (C=S) groups is 1. The van der Waals surface area contributed by atoms with Crippen molar-refractivity contribution in [3.63, 3.8) is 0 Å². The number of nitrogens with two attached hydrogens (primary N) is 1. The molecule has 21 heavy (non-hydrogen) atoms. The van der Waals surface area contributed by atoms with E-state index in [0.29, 0.717) is 25.3 Å². The summed E-state index contributed by atoms with van der Waals surface area (Å²) in [6.45, 7) is 3.78. The number of rotatable bonds is 5. The van der Waals surface area contributed by atoms with Gasteiger partial charge in [-0.2, -0.15) is 0 Å². The van der Waals surface area contributed by atoms with Crippen LogP contribution in [-0.2, 0) is 14.8 Å². The first-order valence-corrected chi connectivity index (χ1v) is 8.69. The van der Waals surface area contributed by atoms with Crippen molar-refractivity contribution in [3.8, 4) is 0 Å². The second-order valence-corrected chi connectivity index (χ2v) is 7.78. The SMILES string of the molecule is CC1(CNS(=O)(=O)c2ccccc2C(N)=S)CCOCC1. The molecule has 0 bridgehead atoms. The van der Waals surface area contributed by atoms with Gasteiger partial charge in [-0.25, -0.2) is 13.1 Å². The van der Waals surface area contributed by atoms with Crippen molar-refractivity contribution in [1.29, 1.82) is 0 Å². The topological polar surface area (TPSA) is 81.4 Å². The predicted molar refractivity (Wildman–Crippen MR) is 85.7 cm³/mol. The number of benzene rings is 1. The molecule has 0 radical (unpaired) electrons. The van der Waals surface area contributed by atoms with Crippen LogP contribution in [0.3, 0.4) is 0 Å². The van der Waals surface area contributed by atoms with Crippen molar-refractivity contribution in [2.45, 2.75) is 24.7 Å². The minimum atomic E-state index is -3.63. The Kier molecular flexibility index (Phi) is 4.98. The third kappa shape index (κ3) is 4.00. The second kappa shape index (κ2) is 6.39. The zero-order valence-corrected chi connectivity index (χ0v) is 13.6. The highest BCUT2D eigenvalue weighted by Gasteiger charge is 2.30. The molecule has 0 aromatic heterocycles. The molecule has 0 spiro atoms. The first kappa shape index (κ1) is 16.4. The monoisotopic (exact) mass is 328 g/mol. The lowest BCUT2D eigenvalue weighted by Gasteiger charge is -2.33. The third-order valence-corrected chi connectivity index (χ3v) is 5.51. The molecule has 2 rings (SSSR count). The molecule has 0 unspecified atom stereocenters. The van der Waals surface area contributed by atoms with E-state index >= 15 is 0 Å². The molecule has 116 valence electrons. The fourth-order valence-corrected chi connectivity index (χ4v) is 3.95. The Morgan fingerprint density at radius 2 is 2.00 bits per heavy atom. The maximum atomic E-state index is 12.5. The Labute approximate surface area is 130 Å². The summed E-state index contributed by atoms with van der Waals surface area (Å²) >= 11 is 4.92. The molecule has 7 heteroatoms. The van der Waals surface area contributed by atoms with Crippen LogP contribution in [0.2, 0.25) is 0 Å². The summed E-state index contributed by atoms with van der Waals surface area (Å²) in [5, 5.41) is 0. The molecule has 5 nitrogen and oxygen atoms in total. The molecule has 1 heterocycles. The fourth-order valence-electron chi connectivity index (χ4n) is 2.29. The van der Waals surface area contributed by atoms with E-state index in [1.165, 1.54) is 6.07 Å². The highest BCUT2D eigenvalue weighted by molar-refractivity contribution is 7.89. The van der Waals surface area contributed by atoms with Gasteiger partial charge in [0.05, 0.1) is 4.90 Å². The van der Waals surface area contributed by atoms with Gasteiger partial charge in [-0.05, 0) is 24.3 Å². The second-order valence-electron chi connectivity index (χ2n) is 5.61. The molecule has 0 aliphatic carbocycles. The number of sulfonamides is 1. The van der Waals surface area contributed by atoms with E-state index in [0.717, 1.165) is 12.8 Å². The van der Waals surface area contributed by atoms with E-state index in [1.54, 1.807) is 18.2 Å². The quantitative estimate of drug-likeness (QED) is 0.799. The van der Waals surface area contributed by atoms with Gasteiger partial charge in [-0.15, -0.1) is 0 Å². The summed E-state index contributed by atoms with van der Waals surface area (Å²) in [7, 11) is -3.63. The first-order valence-electron chi connectivity index (χ1n) is 6.80. The first-order chi connectivity index (χ1) is 9.84. The van der Waals surface area contributed by atoms with Crippen LogP contribution in [0, 0.1) is 5.41 Å². The highest BCUT2D eigenvalue weighted by Crippen LogP contribution is 2.29. The van der Waals surface area contributed by atoms with Crippen molar-refractivity contribution in [3.05, 3.63) is 29.8 Å². The zero-order chi connectivity index (χ0) is 15.5. The van der Waals surface area contributed by atoms with E-state index in [4.69, 9.17) is 22.7 Å². The molecular formula is C14H20N2O3S2. The Hall–Kier alpha value is -1.02. The van der Waals surface area contributed by atoms with Gasteiger partial charge in [-0.1, -0.05) is 37.3 Å². The Bertz CT molecular complexity index is 623. The summed E-state index contributed by atoms with van der Waals surface area (Å²) in [5.74, 6) is 0. The van der Waals surface area contributed by atoms with Crippen molar-refractivity contribution < 1.29 is 13.2 Å². The van der Waals surface area contributed by atoms with Crippen LogP contribution in [0.4, 0.5) is 0 Å². The molecule has 1 aliphatic rings. The lowest BCUT2D eigenvalue weighted by atomic mass is 9.83. The smallest absolute Gasteiger partial charge is 0.241 e. The number of nitrogens with one attached hydrogen (secondary N) is 1. The lowest BCUT2D eigenvalue weighted by molar-refractivity contribution is 0.0265. The standard InChI is InChI=1S/C14H20N2O3S2/c1-14(6-8-19-9-7-14)10-16-21(17,18)12-5-3-2-4-11(12)13(15)20/h2-5,16H,6-10H2,1H3,(H2,15,20). The van der Waals surface area contributed by atoms with Gasteiger partial charge < -0.3 is 10.5 Å². The van der Waals surface area contributed by atoms with Gasteiger partial charge in [0, 0.05) is 25.3 Å². The maximum absolute atomic E-state index is 12.5. The molecule has 0 saturated carbocycles. The van der Waals surface area contributed by atoms with E-state index in [-0.39, 0.29) is 15.3 Å². The summed E-state index contributed by atoms with van der Waals surface area (Å²) in [4.78, 5) is 0.210. The van der Waals surface area contributed by atoms with E-state index in [1.807, 2.05) is 0 Å². The third-order valence-electron chi connectivity index (χ3n) is 3.83. The van der Waals surface area contributed by atoms with Crippen molar-refractivity contribution >= 4 is 27.2 Å². The molecule has 1 aromatic rings. The molecule has 3 N–H and O–H groups in total. The highest BCUT2D eigenvalue weighted by atomic mass is 32.2. The summed E-state index contributed by atoms with van der Waals surface area (Å²) in [5.41, 5.74) is 5.89. The van der Waals surface area contributed by atoms with Crippen LogP contribution < -0.4 is 10.5 Å². The molecule has 1 saturated heterocycles. The van der Waals surface area contributed by atoms with Gasteiger partial charge in [0.15, 0.2) is 0 Å². The summed E-state index contributed by atoms with van der Waals surface area (Å²) in [6, 6.07) is 6.51. The van der Waals surface area contributed by atoms with E-state index in [2.05, 4.69) is 11.6 Å². The minimum absolute atomic E-state index is 0.0771. The molecule has 0 amide bonds. The lowest BCUT2D eigenvalue weighted by Crippen LogP contribution is -2.39. The van der Waals surface area contributed by atoms with Gasteiger partial charge in [-0.3, -0.25) is 0 Å². The van der Waals surface area contributed by atoms with Crippen LogP contribution in [-0.4, -0.2) is 33.2 Å². The van der Waals surface area contributed by atoms with E-state index in [9.17, 15) is 8.42 Å². The van der Waals surface area contributed by atoms with Crippen molar-refractivity contribution in [2.75, 3.05) is 19.8 Å². The van der Waals surface area contributed by atoms with Crippen LogP contribution in [0.1, 0.15) is 25.3 Å². The Balaban J connectivity index is 2.17. The van der Waals surface area contributed by atoms with Crippen LogP contribution >= 0.6 is 12.2 Å². The van der Waals surface area contributed by atoms with Crippen molar-refractivity contribution in [2.24, 2.45) is 11.1 Å². The summed E-state index contributed by atoms with van der Waals surface area (Å²) in [6.07, 6.45) is 1.68. The maximum Gasteiger partial charge on any atom is 0.241 e. The number of hydrogen-bond acceptors (Lipinski definition) is 4. The molecule has 1 aliphatic heterocycles. The predicted octanol–water partition coefficient (Wildman–Crippen LogP) is 1.42. The van der Waals surface area contributed by atoms with Gasteiger partial charge in [0.25, 0.3) is 0 Å². The molecule has 1 fully saturated rings. The van der Waals surface area contributed by atoms with Crippen LogP contribution in [0.15, 0.2) is 29.2 Å². The fraction of sp³-hybridized carbons (Fsp3) is 0.500. The zero-order valence-electron chi connectivity index (χ0n) is 12.0. The average molecular weight is 328 g/mol. The van der Waals surface area contributed by atoms with Gasteiger partial charge in [0.1, 0.15) is 4.99 Å². The molecule has 0 atom stereocenters. The normalized spacial score (nSPS) is 18.3. The van der Waals surface area contributed by atoms with Crippen LogP contribution in [0.5, 0.6) is 0 Å². The number of ether oxygens (including phenoxy) is 1. The van der Waals surface area contributed by atoms with E-state index < -0.39 is 10.0 Å². The average Bonchev–Trinajstić information content (AvgIpc) is 2.46. The summed E-state index contributed by atoms with van der Waals surface area (Å²) < 4.78 is 33.0. The van der Waals surface area contributed by atoms with Gasteiger partial charge in [0.2, 0.25) is 10.0 Å². The number of hydrogen-bond donors (Lipinski definition) is 2. The molecule has 1 aromatic carbocycles. The minimum Gasteiger partial charge on any atom is -0.389 e. The molecular weight excluding hydrogens is 308 g/mol. The van der Waals surface area contributed by atoms with Crippen molar-refractivity contribution in [1.82, 2.24) is 4.72 Å².